The second-order valence-corrected chi connectivity index (χ2v) is 24.3. The molecule has 77 heavy (non-hydrogen) atoms. The molecule has 0 aliphatic heterocycles. The summed E-state index contributed by atoms with van der Waals surface area (Å²) < 4.78 is 0. The number of amides is 1. The summed E-state index contributed by atoms with van der Waals surface area (Å²) in [7, 11) is 0. The van der Waals surface area contributed by atoms with Gasteiger partial charge in [0, 0.05) is 6.42 Å². The van der Waals surface area contributed by atoms with Gasteiger partial charge in [-0.25, -0.2) is 0 Å². The van der Waals surface area contributed by atoms with E-state index in [2.05, 4.69) is 55.6 Å². The van der Waals surface area contributed by atoms with E-state index in [0.717, 1.165) is 38.5 Å². The van der Waals surface area contributed by atoms with E-state index < -0.39 is 12.1 Å². The van der Waals surface area contributed by atoms with Crippen molar-refractivity contribution in [3.8, 4) is 0 Å². The van der Waals surface area contributed by atoms with Crippen molar-refractivity contribution in [3.63, 3.8) is 0 Å². The Morgan fingerprint density at radius 2 is 0.532 bits per heavy atom. The Bertz CT molecular complexity index is 1220. The maximum Gasteiger partial charge on any atom is 0.220 e. The van der Waals surface area contributed by atoms with Crippen molar-refractivity contribution in [2.45, 2.75) is 405 Å². The number of hydrogen-bond acceptors (Lipinski definition) is 3. The normalized spacial score (nSPS) is 12.9. The zero-order valence-electron chi connectivity index (χ0n) is 52.5. The van der Waals surface area contributed by atoms with Crippen LogP contribution in [0.1, 0.15) is 393 Å². The zero-order chi connectivity index (χ0) is 55.5. The van der Waals surface area contributed by atoms with Crippen LogP contribution in [-0.4, -0.2) is 34.9 Å². The molecule has 0 heterocycles. The molecule has 0 aliphatic rings. The molecule has 0 aromatic carbocycles. The van der Waals surface area contributed by atoms with Crippen molar-refractivity contribution >= 4 is 5.91 Å². The summed E-state index contributed by atoms with van der Waals surface area (Å²) in [5.41, 5.74) is 0. The molecule has 4 nitrogen and oxygen atoms in total. The number of hydrogen-bond donors (Lipinski definition) is 3. The van der Waals surface area contributed by atoms with Gasteiger partial charge in [-0.15, -0.1) is 0 Å². The first-order valence-electron chi connectivity index (χ1n) is 35.4. The van der Waals surface area contributed by atoms with Gasteiger partial charge in [0.2, 0.25) is 5.91 Å². The first-order valence-corrected chi connectivity index (χ1v) is 35.4. The van der Waals surface area contributed by atoms with Gasteiger partial charge in [-0.05, 0) is 57.8 Å². The van der Waals surface area contributed by atoms with Crippen LogP contribution in [0.2, 0.25) is 0 Å². The molecule has 0 bridgehead atoms. The second kappa shape index (κ2) is 68.6. The summed E-state index contributed by atoms with van der Waals surface area (Å²) in [6.07, 6.45) is 96.3. The smallest absolute Gasteiger partial charge is 0.220 e. The summed E-state index contributed by atoms with van der Waals surface area (Å²) in [5, 5.41) is 23.3. The van der Waals surface area contributed by atoms with E-state index in [1.165, 1.54) is 334 Å². The van der Waals surface area contributed by atoms with Crippen molar-refractivity contribution in [1.29, 1.82) is 0 Å². The van der Waals surface area contributed by atoms with E-state index >= 15 is 0 Å². The highest BCUT2D eigenvalue weighted by Gasteiger charge is 2.18. The van der Waals surface area contributed by atoms with Gasteiger partial charge in [-0.2, -0.15) is 0 Å². The highest BCUT2D eigenvalue weighted by Crippen LogP contribution is 2.19. The molecule has 0 spiro atoms. The topological polar surface area (TPSA) is 69.6 Å². The lowest BCUT2D eigenvalue weighted by Gasteiger charge is -2.20. The first-order chi connectivity index (χ1) is 38.2. The highest BCUT2D eigenvalue weighted by molar-refractivity contribution is 5.76. The highest BCUT2D eigenvalue weighted by atomic mass is 16.3. The van der Waals surface area contributed by atoms with E-state index in [1.807, 2.05) is 6.08 Å². The molecule has 0 aromatic rings. The van der Waals surface area contributed by atoms with Crippen LogP contribution in [0.5, 0.6) is 0 Å². The fraction of sp³-hybridized carbons (Fsp3) is 0.877. The van der Waals surface area contributed by atoms with Gasteiger partial charge in [0.1, 0.15) is 0 Å². The number of unbranched alkanes of at least 4 members (excludes halogenated alkanes) is 53. The lowest BCUT2D eigenvalue weighted by molar-refractivity contribution is -0.123. The molecule has 0 rings (SSSR count). The zero-order valence-corrected chi connectivity index (χ0v) is 52.5. The van der Waals surface area contributed by atoms with Crippen molar-refractivity contribution in [2.24, 2.45) is 0 Å². The van der Waals surface area contributed by atoms with Gasteiger partial charge in [0.15, 0.2) is 0 Å². The molecule has 3 N–H and O–H groups in total. The molecule has 0 radical (unpaired) electrons. The molecule has 0 saturated heterocycles. The molecule has 1 amide bonds. The van der Waals surface area contributed by atoms with Crippen LogP contribution in [-0.2, 0) is 4.79 Å². The molecule has 2 atom stereocenters. The number of rotatable bonds is 66. The molecular weight excluding hydrogens is 939 g/mol. The minimum atomic E-state index is -0.841. The van der Waals surface area contributed by atoms with E-state index in [-0.39, 0.29) is 12.5 Å². The third kappa shape index (κ3) is 65.0. The maximum absolute atomic E-state index is 12.5. The molecule has 0 fully saturated rings. The number of allylic oxidation sites excluding steroid dienone is 7. The van der Waals surface area contributed by atoms with Crippen LogP contribution >= 0.6 is 0 Å². The average molecular weight is 1080 g/mol. The Hall–Kier alpha value is -1.65. The summed E-state index contributed by atoms with van der Waals surface area (Å²) in [6, 6.07) is -0.624. The van der Waals surface area contributed by atoms with Crippen LogP contribution in [0.3, 0.4) is 0 Å². The van der Waals surface area contributed by atoms with Gasteiger partial charge < -0.3 is 15.5 Å². The Labute approximate surface area is 484 Å². The van der Waals surface area contributed by atoms with Gasteiger partial charge in [0.05, 0.1) is 18.8 Å². The largest absolute Gasteiger partial charge is 0.394 e. The number of carbonyl (C=O) groups is 1. The summed E-state index contributed by atoms with van der Waals surface area (Å²) in [5.74, 6) is -0.0573. The number of carbonyl (C=O) groups excluding carboxylic acids is 1. The standard InChI is InChI=1S/C73H139NO3/c1-3-5-7-9-11-13-15-17-19-21-23-25-27-29-31-33-35-37-39-41-43-45-47-49-51-53-55-57-59-61-63-65-67-69-73(77)74-71(70-75)72(76)68-66-64-62-60-58-56-54-52-50-48-46-44-42-40-38-36-34-32-30-28-26-24-22-20-18-16-14-12-10-8-6-4-2/h15,17,21,23,27,29,66,68,71-72,75-76H,3-14,16,18-20,22,24-26,28,30-65,67,69-70H2,1-2H3,(H,74,77)/b17-15-,23-21-,29-27-,68-66+. The third-order valence-corrected chi connectivity index (χ3v) is 16.6. The lowest BCUT2D eigenvalue weighted by atomic mass is 10.0. The minimum Gasteiger partial charge on any atom is -0.394 e. The first kappa shape index (κ1) is 75.3. The fourth-order valence-electron chi connectivity index (χ4n) is 11.2. The third-order valence-electron chi connectivity index (χ3n) is 16.6. The Morgan fingerprint density at radius 1 is 0.312 bits per heavy atom. The maximum atomic E-state index is 12.5. The van der Waals surface area contributed by atoms with Crippen LogP contribution in [0.15, 0.2) is 48.6 Å². The molecule has 0 aromatic heterocycles. The number of nitrogens with one attached hydrogen (secondary N) is 1. The van der Waals surface area contributed by atoms with Crippen LogP contribution in [0.4, 0.5) is 0 Å². The van der Waals surface area contributed by atoms with Crippen molar-refractivity contribution < 1.29 is 15.0 Å². The molecule has 0 saturated carbocycles. The van der Waals surface area contributed by atoms with Crippen LogP contribution in [0.25, 0.3) is 0 Å². The summed E-state index contributed by atoms with van der Waals surface area (Å²) in [6.45, 7) is 4.34. The minimum absolute atomic E-state index is 0.0573. The van der Waals surface area contributed by atoms with Crippen LogP contribution < -0.4 is 5.32 Å². The average Bonchev–Trinajstić information content (AvgIpc) is 3.43. The fourth-order valence-corrected chi connectivity index (χ4v) is 11.2. The van der Waals surface area contributed by atoms with Crippen molar-refractivity contribution in [3.05, 3.63) is 48.6 Å². The second-order valence-electron chi connectivity index (χ2n) is 24.3. The number of aliphatic hydroxyl groups is 2. The van der Waals surface area contributed by atoms with Gasteiger partial charge >= 0.3 is 0 Å². The van der Waals surface area contributed by atoms with E-state index in [4.69, 9.17) is 0 Å². The van der Waals surface area contributed by atoms with Crippen molar-refractivity contribution in [2.75, 3.05) is 6.61 Å². The SMILES string of the molecule is CCCCCCC/C=C\C/C=C\C/C=C\CCCCCCCCCCCCCCCCCCCCC(=O)NC(CO)C(O)/C=C/CCCCCCCCCCCCCCCCCCCCCCCCCCCCCCCC. The Morgan fingerprint density at radius 3 is 0.792 bits per heavy atom. The van der Waals surface area contributed by atoms with Gasteiger partial charge in [0.25, 0.3) is 0 Å². The molecule has 0 aliphatic carbocycles. The molecule has 4 heteroatoms. The quantitative estimate of drug-likeness (QED) is 0.0420. The molecule has 2 unspecified atom stereocenters. The van der Waals surface area contributed by atoms with Gasteiger partial charge in [-0.1, -0.05) is 377 Å². The Kier molecular flexibility index (Phi) is 67.2. The predicted octanol–water partition coefficient (Wildman–Crippen LogP) is 24.1. The van der Waals surface area contributed by atoms with Crippen LogP contribution in [0, 0.1) is 0 Å². The predicted molar refractivity (Wildman–Crippen MR) is 345 cm³/mol. The van der Waals surface area contributed by atoms with E-state index in [9.17, 15) is 15.0 Å². The Balaban J connectivity index is 3.43. The molecule has 454 valence electrons. The monoisotopic (exact) mass is 1080 g/mol. The molecular formula is C73H139NO3. The summed E-state index contributed by atoms with van der Waals surface area (Å²) >= 11 is 0. The lowest BCUT2D eigenvalue weighted by Crippen LogP contribution is -2.45. The van der Waals surface area contributed by atoms with Crippen molar-refractivity contribution in [1.82, 2.24) is 5.32 Å². The van der Waals surface area contributed by atoms with E-state index in [1.54, 1.807) is 6.08 Å². The van der Waals surface area contributed by atoms with E-state index in [0.29, 0.717) is 6.42 Å². The van der Waals surface area contributed by atoms with Gasteiger partial charge in [-0.3, -0.25) is 4.79 Å². The summed E-state index contributed by atoms with van der Waals surface area (Å²) in [4.78, 5) is 12.5. The number of aliphatic hydroxyl groups excluding tert-OH is 2.